The van der Waals surface area contributed by atoms with Gasteiger partial charge in [-0.1, -0.05) is 30.3 Å². The van der Waals surface area contributed by atoms with Crippen LogP contribution in [0.15, 0.2) is 54.6 Å². The minimum absolute atomic E-state index is 0.570. The highest BCUT2D eigenvalue weighted by atomic mass is 16.5. The molecule has 3 aromatic rings. The third-order valence-electron chi connectivity index (χ3n) is 5.23. The van der Waals surface area contributed by atoms with E-state index in [0.29, 0.717) is 13.2 Å². The van der Waals surface area contributed by atoms with Crippen molar-refractivity contribution in [2.45, 2.75) is 39.2 Å². The average Bonchev–Trinajstić information content (AvgIpc) is 2.94. The Balaban J connectivity index is 1.52. The quantitative estimate of drug-likeness (QED) is 0.562. The lowest BCUT2D eigenvalue weighted by molar-refractivity contribution is 0.150. The molecule has 4 rings (SSSR count). The molecule has 0 atom stereocenters. The van der Waals surface area contributed by atoms with Crippen molar-refractivity contribution in [1.82, 2.24) is 9.78 Å². The molecule has 0 amide bonds. The Morgan fingerprint density at radius 3 is 2.66 bits per heavy atom. The first-order valence-corrected chi connectivity index (χ1v) is 10.5. The van der Waals surface area contributed by atoms with Gasteiger partial charge in [0, 0.05) is 25.1 Å². The second kappa shape index (κ2) is 9.61. The first-order valence-electron chi connectivity index (χ1n) is 10.5. The zero-order valence-electron chi connectivity index (χ0n) is 17.1. The van der Waals surface area contributed by atoms with Crippen LogP contribution in [0.25, 0.3) is 5.69 Å². The highest BCUT2D eigenvalue weighted by Crippen LogP contribution is 2.29. The number of anilines is 1. The highest BCUT2D eigenvalue weighted by Gasteiger charge is 2.20. The Labute approximate surface area is 172 Å². The number of aromatic nitrogens is 2. The topological polar surface area (TPSA) is 48.3 Å². The van der Waals surface area contributed by atoms with Crippen molar-refractivity contribution in [2.24, 2.45) is 0 Å². The van der Waals surface area contributed by atoms with Crippen LogP contribution in [0.2, 0.25) is 0 Å². The van der Waals surface area contributed by atoms with Gasteiger partial charge >= 0.3 is 0 Å². The van der Waals surface area contributed by atoms with Crippen molar-refractivity contribution >= 4 is 5.82 Å². The fraction of sp³-hybridized carbons (Fsp3) is 0.375. The molecule has 2 heterocycles. The summed E-state index contributed by atoms with van der Waals surface area (Å²) < 4.78 is 13.5. The molecule has 2 aromatic carbocycles. The lowest BCUT2D eigenvalue weighted by atomic mass is 10.1. The zero-order chi connectivity index (χ0) is 19.9. The van der Waals surface area contributed by atoms with Crippen LogP contribution in [-0.4, -0.2) is 29.5 Å². The third-order valence-corrected chi connectivity index (χ3v) is 5.23. The van der Waals surface area contributed by atoms with Gasteiger partial charge in [0.05, 0.1) is 18.0 Å². The minimum Gasteiger partial charge on any atom is -0.489 e. The number of fused-ring (bicyclic) bond motifs is 1. The van der Waals surface area contributed by atoms with Crippen molar-refractivity contribution in [3.05, 3.63) is 71.4 Å². The summed E-state index contributed by atoms with van der Waals surface area (Å²) in [6.45, 7) is 5.04. The van der Waals surface area contributed by atoms with Gasteiger partial charge in [0.15, 0.2) is 0 Å². The van der Waals surface area contributed by atoms with Gasteiger partial charge in [-0.25, -0.2) is 4.68 Å². The number of hydrogen-bond donors (Lipinski definition) is 1. The maximum atomic E-state index is 5.92. The average molecular weight is 392 g/mol. The summed E-state index contributed by atoms with van der Waals surface area (Å²) in [7, 11) is 0. The summed E-state index contributed by atoms with van der Waals surface area (Å²) in [5.41, 5.74) is 4.70. The summed E-state index contributed by atoms with van der Waals surface area (Å²) in [4.78, 5) is 0. The minimum atomic E-state index is 0.570. The molecule has 1 aliphatic heterocycles. The van der Waals surface area contributed by atoms with Gasteiger partial charge < -0.3 is 14.8 Å². The second-order valence-corrected chi connectivity index (χ2v) is 7.28. The standard InChI is InChI=1S/C24H29N3O2/c1-2-28-17-15-23-22-10-6-7-16-25-24(22)27(26-23)20-11-13-21(14-12-20)29-18-19-8-4-3-5-9-19/h3-5,8-9,11-14,25H,2,6-7,10,15-18H2,1H3. The molecule has 0 saturated carbocycles. The Morgan fingerprint density at radius 1 is 1.03 bits per heavy atom. The predicted molar refractivity (Wildman–Crippen MR) is 116 cm³/mol. The SMILES string of the molecule is CCOCCc1nn(-c2ccc(OCc3ccccc3)cc2)c2c1CCCCN2. The molecule has 0 radical (unpaired) electrons. The Hall–Kier alpha value is -2.79. The number of ether oxygens (including phenoxy) is 2. The maximum Gasteiger partial charge on any atom is 0.133 e. The zero-order valence-corrected chi connectivity index (χ0v) is 17.1. The van der Waals surface area contributed by atoms with Crippen LogP contribution in [0.4, 0.5) is 5.82 Å². The van der Waals surface area contributed by atoms with E-state index in [9.17, 15) is 0 Å². The van der Waals surface area contributed by atoms with Crippen LogP contribution in [0.1, 0.15) is 36.6 Å². The van der Waals surface area contributed by atoms with Gasteiger partial charge in [0.2, 0.25) is 0 Å². The molecule has 0 spiro atoms. The Morgan fingerprint density at radius 2 is 1.86 bits per heavy atom. The van der Waals surface area contributed by atoms with Crippen molar-refractivity contribution in [3.63, 3.8) is 0 Å². The van der Waals surface area contributed by atoms with Crippen molar-refractivity contribution in [1.29, 1.82) is 0 Å². The fourth-order valence-corrected chi connectivity index (χ4v) is 3.70. The number of benzene rings is 2. The predicted octanol–water partition coefficient (Wildman–Crippen LogP) is 4.78. The van der Waals surface area contributed by atoms with Crippen molar-refractivity contribution < 1.29 is 9.47 Å². The Kier molecular flexibility index (Phi) is 6.47. The fourth-order valence-electron chi connectivity index (χ4n) is 3.70. The molecule has 5 nitrogen and oxygen atoms in total. The summed E-state index contributed by atoms with van der Waals surface area (Å²) >= 11 is 0. The summed E-state index contributed by atoms with van der Waals surface area (Å²) in [5, 5.41) is 8.52. The summed E-state index contributed by atoms with van der Waals surface area (Å²) in [6, 6.07) is 18.4. The molecule has 0 unspecified atom stereocenters. The molecule has 5 heteroatoms. The van der Waals surface area contributed by atoms with Gasteiger partial charge in [-0.2, -0.15) is 5.10 Å². The van der Waals surface area contributed by atoms with Gasteiger partial charge in [-0.15, -0.1) is 0 Å². The summed E-state index contributed by atoms with van der Waals surface area (Å²) in [6.07, 6.45) is 4.30. The molecule has 0 saturated heterocycles. The van der Waals surface area contributed by atoms with E-state index >= 15 is 0 Å². The first-order chi connectivity index (χ1) is 14.3. The smallest absolute Gasteiger partial charge is 0.133 e. The maximum absolute atomic E-state index is 5.92. The molecule has 0 bridgehead atoms. The lowest BCUT2D eigenvalue weighted by Gasteiger charge is -2.11. The molecule has 0 aliphatic carbocycles. The van der Waals surface area contributed by atoms with Crippen molar-refractivity contribution in [2.75, 3.05) is 25.1 Å². The van der Waals surface area contributed by atoms with E-state index in [1.54, 1.807) is 0 Å². The number of nitrogens with zero attached hydrogens (tertiary/aromatic N) is 2. The normalized spacial score (nSPS) is 13.4. The van der Waals surface area contributed by atoms with E-state index in [2.05, 4.69) is 29.6 Å². The van der Waals surface area contributed by atoms with Crippen LogP contribution in [0, 0.1) is 0 Å². The van der Waals surface area contributed by atoms with E-state index in [1.807, 2.05) is 41.9 Å². The number of nitrogens with one attached hydrogen (secondary N) is 1. The Bertz CT molecular complexity index is 904. The lowest BCUT2D eigenvalue weighted by Crippen LogP contribution is -2.07. The van der Waals surface area contributed by atoms with Crippen molar-refractivity contribution in [3.8, 4) is 11.4 Å². The molecule has 0 fully saturated rings. The van der Waals surface area contributed by atoms with Crippen LogP contribution in [0.3, 0.4) is 0 Å². The van der Waals surface area contributed by atoms with Crippen LogP contribution < -0.4 is 10.1 Å². The highest BCUT2D eigenvalue weighted by molar-refractivity contribution is 5.55. The molecule has 1 aromatic heterocycles. The molecule has 1 aliphatic rings. The van der Waals surface area contributed by atoms with E-state index in [-0.39, 0.29) is 0 Å². The number of rotatable bonds is 8. The third kappa shape index (κ3) is 4.80. The van der Waals surface area contributed by atoms with E-state index in [1.165, 1.54) is 18.4 Å². The van der Waals surface area contributed by atoms with E-state index in [0.717, 1.165) is 54.5 Å². The molecular weight excluding hydrogens is 362 g/mol. The molecular formula is C24H29N3O2. The molecule has 152 valence electrons. The van der Waals surface area contributed by atoms with E-state index < -0.39 is 0 Å². The van der Waals surface area contributed by atoms with Crippen LogP contribution in [-0.2, 0) is 24.2 Å². The van der Waals surface area contributed by atoms with Crippen LogP contribution >= 0.6 is 0 Å². The first kappa shape index (κ1) is 19.5. The number of hydrogen-bond acceptors (Lipinski definition) is 4. The second-order valence-electron chi connectivity index (χ2n) is 7.28. The van der Waals surface area contributed by atoms with E-state index in [4.69, 9.17) is 14.6 Å². The van der Waals surface area contributed by atoms with Gasteiger partial charge in [0.25, 0.3) is 0 Å². The monoisotopic (exact) mass is 391 g/mol. The molecule has 1 N–H and O–H groups in total. The van der Waals surface area contributed by atoms with Gasteiger partial charge in [-0.05, 0) is 56.0 Å². The largest absolute Gasteiger partial charge is 0.489 e. The summed E-state index contributed by atoms with van der Waals surface area (Å²) in [5.74, 6) is 1.99. The van der Waals surface area contributed by atoms with Crippen LogP contribution in [0.5, 0.6) is 5.75 Å². The van der Waals surface area contributed by atoms with Gasteiger partial charge in [-0.3, -0.25) is 0 Å². The molecule has 29 heavy (non-hydrogen) atoms. The van der Waals surface area contributed by atoms with Gasteiger partial charge in [0.1, 0.15) is 18.2 Å².